The van der Waals surface area contributed by atoms with Gasteiger partial charge in [0, 0.05) is 30.1 Å². The number of thiazole rings is 1. The molecule has 0 amide bonds. The van der Waals surface area contributed by atoms with Gasteiger partial charge >= 0.3 is 0 Å². The van der Waals surface area contributed by atoms with Crippen molar-refractivity contribution in [2.24, 2.45) is 0 Å². The Hall–Kier alpha value is -1.59. The summed E-state index contributed by atoms with van der Waals surface area (Å²) in [6, 6.07) is 7.46. The van der Waals surface area contributed by atoms with Crippen molar-refractivity contribution in [1.29, 1.82) is 0 Å². The van der Waals surface area contributed by atoms with Crippen molar-refractivity contribution in [2.45, 2.75) is 19.6 Å². The number of nitrogens with two attached hydrogens (primary N) is 1. The van der Waals surface area contributed by atoms with Crippen molar-refractivity contribution in [3.63, 3.8) is 0 Å². The molecule has 0 spiro atoms. The highest BCUT2D eigenvalue weighted by molar-refractivity contribution is 7.11. The first-order valence-corrected chi connectivity index (χ1v) is 7.17. The van der Waals surface area contributed by atoms with E-state index in [0.717, 1.165) is 36.0 Å². The average Bonchev–Trinajstić information content (AvgIpc) is 2.80. The van der Waals surface area contributed by atoms with Gasteiger partial charge in [0.25, 0.3) is 0 Å². The summed E-state index contributed by atoms with van der Waals surface area (Å²) in [7, 11) is 2.15. The van der Waals surface area contributed by atoms with Gasteiger partial charge in [-0.25, -0.2) is 4.98 Å². The number of nitrogen functional groups attached to an aromatic ring is 1. The molecular formula is C14H17N3OS. The molecular weight excluding hydrogens is 258 g/mol. The van der Waals surface area contributed by atoms with E-state index in [9.17, 15) is 0 Å². The van der Waals surface area contributed by atoms with E-state index in [1.54, 1.807) is 11.3 Å². The maximum atomic E-state index is 5.73. The molecule has 2 aromatic rings. The van der Waals surface area contributed by atoms with Crippen LogP contribution < -0.4 is 10.5 Å². The second-order valence-electron chi connectivity index (χ2n) is 4.82. The molecule has 0 unspecified atom stereocenters. The lowest BCUT2D eigenvalue weighted by Gasteiger charge is -2.20. The largest absolute Gasteiger partial charge is 0.486 e. The van der Waals surface area contributed by atoms with E-state index < -0.39 is 0 Å². The SMILES string of the molecule is CN1CCc2nc(COc3ccc(N)cc3)sc2C1. The molecule has 1 aromatic heterocycles. The highest BCUT2D eigenvalue weighted by Crippen LogP contribution is 2.25. The topological polar surface area (TPSA) is 51.4 Å². The van der Waals surface area contributed by atoms with Crippen LogP contribution in [0.15, 0.2) is 24.3 Å². The van der Waals surface area contributed by atoms with E-state index in [1.807, 2.05) is 24.3 Å². The van der Waals surface area contributed by atoms with Crippen molar-refractivity contribution in [2.75, 3.05) is 19.3 Å². The monoisotopic (exact) mass is 275 g/mol. The molecule has 0 atom stereocenters. The van der Waals surface area contributed by atoms with Gasteiger partial charge in [-0.05, 0) is 31.3 Å². The third-order valence-corrected chi connectivity index (χ3v) is 4.26. The standard InChI is InChI=1S/C14H17N3OS/c1-17-7-6-12-13(8-17)19-14(16-12)9-18-11-4-2-10(15)3-5-11/h2-5H,6-9,15H2,1H3. The van der Waals surface area contributed by atoms with Crippen LogP contribution in [0, 0.1) is 0 Å². The van der Waals surface area contributed by atoms with Crippen molar-refractivity contribution < 1.29 is 4.74 Å². The molecule has 0 bridgehead atoms. The van der Waals surface area contributed by atoms with E-state index in [2.05, 4.69) is 16.9 Å². The molecule has 1 aromatic carbocycles. The van der Waals surface area contributed by atoms with Crippen LogP contribution in [0.25, 0.3) is 0 Å². The van der Waals surface area contributed by atoms with Crippen LogP contribution in [0.2, 0.25) is 0 Å². The molecule has 4 nitrogen and oxygen atoms in total. The fourth-order valence-corrected chi connectivity index (χ4v) is 3.26. The zero-order valence-corrected chi connectivity index (χ0v) is 11.7. The van der Waals surface area contributed by atoms with Gasteiger partial charge in [0.05, 0.1) is 5.69 Å². The molecule has 0 saturated heterocycles. The minimum Gasteiger partial charge on any atom is -0.486 e. The maximum absolute atomic E-state index is 5.73. The van der Waals surface area contributed by atoms with Gasteiger partial charge in [-0.3, -0.25) is 0 Å². The number of ether oxygens (including phenoxy) is 1. The van der Waals surface area contributed by atoms with Gasteiger partial charge in [0.2, 0.25) is 0 Å². The summed E-state index contributed by atoms with van der Waals surface area (Å²) in [6.07, 6.45) is 1.05. The molecule has 0 radical (unpaired) electrons. The Morgan fingerprint density at radius 1 is 1.37 bits per heavy atom. The van der Waals surface area contributed by atoms with Crippen molar-refractivity contribution in [3.05, 3.63) is 39.8 Å². The zero-order valence-electron chi connectivity index (χ0n) is 10.9. The first-order valence-electron chi connectivity index (χ1n) is 6.35. The van der Waals surface area contributed by atoms with Gasteiger partial charge < -0.3 is 15.4 Å². The summed E-state index contributed by atoms with van der Waals surface area (Å²) >= 11 is 1.76. The Kier molecular flexibility index (Phi) is 3.40. The number of hydrogen-bond acceptors (Lipinski definition) is 5. The van der Waals surface area contributed by atoms with Crippen LogP contribution in [0.5, 0.6) is 5.75 Å². The van der Waals surface area contributed by atoms with Crippen LogP contribution in [0.3, 0.4) is 0 Å². The summed E-state index contributed by atoms with van der Waals surface area (Å²) in [4.78, 5) is 8.36. The Bertz CT molecular complexity index is 565. The van der Waals surface area contributed by atoms with Gasteiger partial charge in [-0.1, -0.05) is 0 Å². The molecule has 0 fully saturated rings. The summed E-state index contributed by atoms with van der Waals surface area (Å²) in [5.74, 6) is 0.833. The lowest BCUT2D eigenvalue weighted by atomic mass is 10.2. The second-order valence-corrected chi connectivity index (χ2v) is 5.99. The Balaban J connectivity index is 1.66. The number of benzene rings is 1. The average molecular weight is 275 g/mol. The van der Waals surface area contributed by atoms with E-state index in [0.29, 0.717) is 6.61 Å². The second kappa shape index (κ2) is 5.19. The Morgan fingerprint density at radius 3 is 2.95 bits per heavy atom. The van der Waals surface area contributed by atoms with Crippen molar-refractivity contribution in [1.82, 2.24) is 9.88 Å². The third kappa shape index (κ3) is 2.88. The number of nitrogens with zero attached hydrogens (tertiary/aromatic N) is 2. The zero-order chi connectivity index (χ0) is 13.2. The molecule has 2 N–H and O–H groups in total. The van der Waals surface area contributed by atoms with E-state index >= 15 is 0 Å². The first kappa shape index (κ1) is 12.4. The highest BCUT2D eigenvalue weighted by Gasteiger charge is 2.18. The smallest absolute Gasteiger partial charge is 0.140 e. The molecule has 1 aliphatic heterocycles. The molecule has 0 saturated carbocycles. The number of rotatable bonds is 3. The number of aromatic nitrogens is 1. The van der Waals surface area contributed by atoms with Crippen LogP contribution >= 0.6 is 11.3 Å². The van der Waals surface area contributed by atoms with Crippen LogP contribution in [-0.4, -0.2) is 23.5 Å². The summed E-state index contributed by atoms with van der Waals surface area (Å²) in [5.41, 5.74) is 7.64. The Morgan fingerprint density at radius 2 is 2.16 bits per heavy atom. The fourth-order valence-electron chi connectivity index (χ4n) is 2.15. The third-order valence-electron chi connectivity index (χ3n) is 3.21. The predicted molar refractivity (Wildman–Crippen MR) is 77.3 cm³/mol. The van der Waals surface area contributed by atoms with Gasteiger partial charge in [-0.15, -0.1) is 11.3 Å². The minimum atomic E-state index is 0.533. The van der Waals surface area contributed by atoms with Gasteiger partial charge in [0.15, 0.2) is 0 Å². The molecule has 0 aliphatic carbocycles. The van der Waals surface area contributed by atoms with E-state index in [1.165, 1.54) is 10.6 Å². The summed E-state index contributed by atoms with van der Waals surface area (Å²) < 4.78 is 5.73. The van der Waals surface area contributed by atoms with Crippen LogP contribution in [-0.2, 0) is 19.6 Å². The highest BCUT2D eigenvalue weighted by atomic mass is 32.1. The van der Waals surface area contributed by atoms with Gasteiger partial charge in [0.1, 0.15) is 17.4 Å². The molecule has 100 valence electrons. The number of fused-ring (bicyclic) bond motifs is 1. The lowest BCUT2D eigenvalue weighted by molar-refractivity contribution is 0.303. The van der Waals surface area contributed by atoms with E-state index in [-0.39, 0.29) is 0 Å². The minimum absolute atomic E-state index is 0.533. The number of anilines is 1. The van der Waals surface area contributed by atoms with Crippen molar-refractivity contribution in [3.8, 4) is 5.75 Å². The number of likely N-dealkylation sites (N-methyl/N-ethyl adjacent to an activating group) is 1. The normalized spacial score (nSPS) is 15.2. The summed E-state index contributed by atoms with van der Waals surface area (Å²) in [6.45, 7) is 2.63. The number of hydrogen-bond donors (Lipinski definition) is 1. The molecule has 2 heterocycles. The predicted octanol–water partition coefficient (Wildman–Crippen LogP) is 2.29. The summed E-state index contributed by atoms with van der Waals surface area (Å²) in [5, 5.41) is 1.05. The first-order chi connectivity index (χ1) is 9.20. The quantitative estimate of drug-likeness (QED) is 0.873. The molecule has 5 heteroatoms. The molecule has 19 heavy (non-hydrogen) atoms. The van der Waals surface area contributed by atoms with E-state index in [4.69, 9.17) is 10.5 Å². The van der Waals surface area contributed by atoms with Gasteiger partial charge in [-0.2, -0.15) is 0 Å². The van der Waals surface area contributed by atoms with Crippen LogP contribution in [0.4, 0.5) is 5.69 Å². The lowest BCUT2D eigenvalue weighted by Crippen LogP contribution is -2.25. The maximum Gasteiger partial charge on any atom is 0.140 e. The molecule has 1 aliphatic rings. The fraction of sp³-hybridized carbons (Fsp3) is 0.357. The Labute approximate surface area is 116 Å². The van der Waals surface area contributed by atoms with Crippen molar-refractivity contribution >= 4 is 17.0 Å². The molecule has 3 rings (SSSR count). The van der Waals surface area contributed by atoms with Crippen LogP contribution in [0.1, 0.15) is 15.6 Å².